The fourth-order valence-corrected chi connectivity index (χ4v) is 1.70. The zero-order chi connectivity index (χ0) is 14.4. The van der Waals surface area contributed by atoms with Crippen LogP contribution in [0, 0.1) is 0 Å². The van der Waals surface area contributed by atoms with Gasteiger partial charge in [0, 0.05) is 25.9 Å². The van der Waals surface area contributed by atoms with Crippen molar-refractivity contribution in [3.63, 3.8) is 0 Å². The third kappa shape index (κ3) is 3.55. The maximum absolute atomic E-state index is 11.7. The van der Waals surface area contributed by atoms with E-state index in [9.17, 15) is 9.59 Å². The quantitative estimate of drug-likeness (QED) is 0.552. The highest BCUT2D eigenvalue weighted by molar-refractivity contribution is 6.39. The Labute approximate surface area is 115 Å². The minimum absolute atomic E-state index is 0.402. The number of fused-ring (bicyclic) bond motifs is 1. The molecule has 0 bridgehead atoms. The first-order valence-corrected chi connectivity index (χ1v) is 6.22. The molecule has 0 unspecified atom stereocenters. The second kappa shape index (κ2) is 6.67. The normalized spacial score (nSPS) is 10.4. The number of amides is 2. The number of hydrogen-bond donors (Lipinski definition) is 3. The van der Waals surface area contributed by atoms with Crippen LogP contribution in [-0.2, 0) is 14.3 Å². The van der Waals surface area contributed by atoms with Gasteiger partial charge in [-0.15, -0.1) is 0 Å². The number of nitrogens with one attached hydrogen (secondary N) is 3. The molecule has 0 saturated carbocycles. The van der Waals surface area contributed by atoms with E-state index in [-0.39, 0.29) is 0 Å². The number of nitrogens with zero attached hydrogens (tertiary/aromatic N) is 1. The summed E-state index contributed by atoms with van der Waals surface area (Å²) in [5, 5.41) is 5.05. The van der Waals surface area contributed by atoms with Gasteiger partial charge in [-0.05, 0) is 24.6 Å². The van der Waals surface area contributed by atoms with Crippen LogP contribution < -0.4 is 10.6 Å². The average molecular weight is 276 g/mol. The van der Waals surface area contributed by atoms with E-state index in [4.69, 9.17) is 4.74 Å². The number of carbonyl (C=O) groups is 2. The number of benzene rings is 1. The molecule has 1 aromatic heterocycles. The minimum atomic E-state index is -0.693. The average Bonchev–Trinajstić information content (AvgIpc) is 2.90. The lowest BCUT2D eigenvalue weighted by Crippen LogP contribution is -2.36. The lowest BCUT2D eigenvalue weighted by atomic mass is 10.2. The molecule has 0 aliphatic rings. The van der Waals surface area contributed by atoms with Crippen molar-refractivity contribution in [2.24, 2.45) is 0 Å². The maximum atomic E-state index is 11.7. The van der Waals surface area contributed by atoms with Crippen LogP contribution in [0.3, 0.4) is 0 Å². The molecular weight excluding hydrogens is 260 g/mol. The molecule has 7 heteroatoms. The predicted molar refractivity (Wildman–Crippen MR) is 74.2 cm³/mol. The van der Waals surface area contributed by atoms with Gasteiger partial charge in [0.25, 0.3) is 0 Å². The number of methoxy groups -OCH3 is 1. The zero-order valence-corrected chi connectivity index (χ0v) is 11.1. The topological polar surface area (TPSA) is 96.1 Å². The largest absolute Gasteiger partial charge is 0.385 e. The van der Waals surface area contributed by atoms with Crippen LogP contribution in [0.25, 0.3) is 11.0 Å². The van der Waals surface area contributed by atoms with Crippen molar-refractivity contribution in [2.45, 2.75) is 6.42 Å². The highest BCUT2D eigenvalue weighted by Crippen LogP contribution is 2.15. The summed E-state index contributed by atoms with van der Waals surface area (Å²) in [6.45, 7) is 0.943. The monoisotopic (exact) mass is 276 g/mol. The maximum Gasteiger partial charge on any atom is 0.313 e. The van der Waals surface area contributed by atoms with E-state index >= 15 is 0 Å². The van der Waals surface area contributed by atoms with Crippen LogP contribution in [0.1, 0.15) is 6.42 Å². The van der Waals surface area contributed by atoms with E-state index in [1.54, 1.807) is 31.6 Å². The lowest BCUT2D eigenvalue weighted by molar-refractivity contribution is -0.136. The molecule has 3 N–H and O–H groups in total. The van der Waals surface area contributed by atoms with E-state index in [2.05, 4.69) is 20.6 Å². The van der Waals surface area contributed by atoms with Crippen molar-refractivity contribution in [3.05, 3.63) is 24.5 Å². The molecule has 106 valence electrons. The molecule has 2 rings (SSSR count). The Balaban J connectivity index is 1.88. The van der Waals surface area contributed by atoms with Gasteiger partial charge in [-0.25, -0.2) is 4.98 Å². The predicted octanol–water partition coefficient (Wildman–Crippen LogP) is 0.654. The Morgan fingerprint density at radius 1 is 1.35 bits per heavy atom. The second-order valence-corrected chi connectivity index (χ2v) is 4.19. The van der Waals surface area contributed by atoms with Gasteiger partial charge in [0.1, 0.15) is 0 Å². The Morgan fingerprint density at radius 3 is 3.00 bits per heavy atom. The van der Waals surface area contributed by atoms with E-state index < -0.39 is 11.8 Å². The van der Waals surface area contributed by atoms with E-state index in [1.165, 1.54) is 0 Å². The molecule has 0 aliphatic heterocycles. The minimum Gasteiger partial charge on any atom is -0.385 e. The summed E-state index contributed by atoms with van der Waals surface area (Å²) in [7, 11) is 1.58. The van der Waals surface area contributed by atoms with Crippen LogP contribution in [0.4, 0.5) is 5.69 Å². The molecule has 0 saturated heterocycles. The van der Waals surface area contributed by atoms with Crippen molar-refractivity contribution in [2.75, 3.05) is 25.6 Å². The molecular formula is C13H16N4O3. The van der Waals surface area contributed by atoms with Gasteiger partial charge in [-0.3, -0.25) is 9.59 Å². The van der Waals surface area contributed by atoms with Crippen LogP contribution >= 0.6 is 0 Å². The van der Waals surface area contributed by atoms with Gasteiger partial charge in [0.2, 0.25) is 0 Å². The van der Waals surface area contributed by atoms with Gasteiger partial charge in [-0.1, -0.05) is 0 Å². The van der Waals surface area contributed by atoms with Crippen molar-refractivity contribution < 1.29 is 14.3 Å². The fraction of sp³-hybridized carbons (Fsp3) is 0.308. The van der Waals surface area contributed by atoms with E-state index in [1.807, 2.05) is 0 Å². The Hall–Kier alpha value is -2.41. The SMILES string of the molecule is COCCCNC(=O)C(=O)Nc1ccc2nc[nH]c2c1. The number of anilines is 1. The van der Waals surface area contributed by atoms with Gasteiger partial charge in [0.05, 0.1) is 17.4 Å². The van der Waals surface area contributed by atoms with Gasteiger partial charge >= 0.3 is 11.8 Å². The van der Waals surface area contributed by atoms with Crippen molar-refractivity contribution in [1.82, 2.24) is 15.3 Å². The zero-order valence-electron chi connectivity index (χ0n) is 11.1. The molecule has 0 atom stereocenters. The Bertz CT molecular complexity index is 608. The molecule has 2 aromatic rings. The summed E-state index contributed by atoms with van der Waals surface area (Å²) in [5.41, 5.74) is 2.13. The van der Waals surface area contributed by atoms with E-state index in [0.717, 1.165) is 11.0 Å². The van der Waals surface area contributed by atoms with Crippen LogP contribution in [0.2, 0.25) is 0 Å². The summed E-state index contributed by atoms with van der Waals surface area (Å²) < 4.78 is 4.85. The summed E-state index contributed by atoms with van der Waals surface area (Å²) in [5.74, 6) is -1.35. The standard InChI is InChI=1S/C13H16N4O3/c1-20-6-2-5-14-12(18)13(19)17-9-3-4-10-11(7-9)16-8-15-10/h3-4,7-8H,2,5-6H2,1H3,(H,14,18)(H,15,16)(H,17,19). The van der Waals surface area contributed by atoms with Crippen molar-refractivity contribution in [1.29, 1.82) is 0 Å². The van der Waals surface area contributed by atoms with Gasteiger partial charge in [-0.2, -0.15) is 0 Å². The molecule has 2 amide bonds. The van der Waals surface area contributed by atoms with Crippen LogP contribution in [0.15, 0.2) is 24.5 Å². The number of ether oxygens (including phenoxy) is 1. The first-order valence-electron chi connectivity index (χ1n) is 6.22. The molecule has 0 radical (unpaired) electrons. The van der Waals surface area contributed by atoms with Crippen molar-refractivity contribution in [3.8, 4) is 0 Å². The van der Waals surface area contributed by atoms with Crippen molar-refractivity contribution >= 4 is 28.5 Å². The summed E-state index contributed by atoms with van der Waals surface area (Å²) in [4.78, 5) is 30.2. The van der Waals surface area contributed by atoms with Crippen LogP contribution in [-0.4, -0.2) is 42.0 Å². The van der Waals surface area contributed by atoms with Gasteiger partial charge in [0.15, 0.2) is 0 Å². The molecule has 0 fully saturated rings. The number of aromatic amines is 1. The number of imidazole rings is 1. The van der Waals surface area contributed by atoms with Gasteiger partial charge < -0.3 is 20.4 Å². The van der Waals surface area contributed by atoms with Crippen LogP contribution in [0.5, 0.6) is 0 Å². The number of hydrogen-bond acceptors (Lipinski definition) is 4. The summed E-state index contributed by atoms with van der Waals surface area (Å²) in [6.07, 6.45) is 2.23. The third-order valence-electron chi connectivity index (χ3n) is 2.70. The van der Waals surface area contributed by atoms with E-state index in [0.29, 0.717) is 25.3 Å². The Morgan fingerprint density at radius 2 is 2.20 bits per heavy atom. The Kier molecular flexibility index (Phi) is 4.67. The number of aromatic nitrogens is 2. The number of carbonyl (C=O) groups excluding carboxylic acids is 2. The molecule has 0 spiro atoms. The highest BCUT2D eigenvalue weighted by Gasteiger charge is 2.13. The third-order valence-corrected chi connectivity index (χ3v) is 2.70. The smallest absolute Gasteiger partial charge is 0.313 e. The summed E-state index contributed by atoms with van der Waals surface area (Å²) >= 11 is 0. The molecule has 20 heavy (non-hydrogen) atoms. The molecule has 1 aromatic carbocycles. The first-order chi connectivity index (χ1) is 9.70. The fourth-order valence-electron chi connectivity index (χ4n) is 1.70. The number of rotatable bonds is 5. The first kappa shape index (κ1) is 14.0. The number of H-pyrrole nitrogens is 1. The molecule has 1 heterocycles. The molecule has 0 aliphatic carbocycles. The summed E-state index contributed by atoms with van der Waals surface area (Å²) in [6, 6.07) is 5.18. The highest BCUT2D eigenvalue weighted by atomic mass is 16.5. The molecule has 7 nitrogen and oxygen atoms in total. The second-order valence-electron chi connectivity index (χ2n) is 4.19. The lowest BCUT2D eigenvalue weighted by Gasteiger charge is -2.06.